The highest BCUT2D eigenvalue weighted by atomic mass is 16.4. The van der Waals surface area contributed by atoms with E-state index in [1.54, 1.807) is 0 Å². The maximum Gasteiger partial charge on any atom is 0.310 e. The van der Waals surface area contributed by atoms with Gasteiger partial charge in [0.1, 0.15) is 0 Å². The van der Waals surface area contributed by atoms with E-state index in [1.165, 1.54) is 83.5 Å². The second-order valence-corrected chi connectivity index (χ2v) is 16.7. The smallest absolute Gasteiger partial charge is 0.310 e. The molecule has 0 aromatic rings. The van der Waals surface area contributed by atoms with Crippen LogP contribution in [0.25, 0.3) is 0 Å². The fraction of sp³-hybridized carbons (Fsp3) is 0.972. The number of aliphatic carboxylic acids is 1. The maximum absolute atomic E-state index is 13.6. The van der Waals surface area contributed by atoms with Crippen molar-refractivity contribution >= 4 is 5.97 Å². The Labute approximate surface area is 250 Å². The lowest BCUT2D eigenvalue weighted by molar-refractivity contribution is -0.166. The molecule has 236 valence electrons. The molecule has 2 aliphatic rings. The highest BCUT2D eigenvalue weighted by Gasteiger charge is 2.58. The van der Waals surface area contributed by atoms with Gasteiger partial charge in [-0.25, -0.2) is 0 Å². The number of hydrogen-bond donors (Lipinski definition) is 3. The number of piperidine rings is 2. The number of rotatable bonds is 18. The summed E-state index contributed by atoms with van der Waals surface area (Å²) in [6.07, 6.45) is 23.2. The molecule has 2 heterocycles. The molecule has 2 rings (SSSR count). The summed E-state index contributed by atoms with van der Waals surface area (Å²) in [7, 11) is 0. The quantitative estimate of drug-likeness (QED) is 0.145. The Morgan fingerprint density at radius 1 is 0.575 bits per heavy atom. The van der Waals surface area contributed by atoms with Crippen LogP contribution in [-0.2, 0) is 4.79 Å². The summed E-state index contributed by atoms with van der Waals surface area (Å²) in [5, 5.41) is 18.8. The van der Waals surface area contributed by atoms with Crippen LogP contribution in [0.2, 0.25) is 0 Å². The van der Waals surface area contributed by atoms with Crippen LogP contribution < -0.4 is 10.6 Å². The first-order chi connectivity index (χ1) is 18.5. The molecular weight excluding hydrogens is 492 g/mol. The van der Waals surface area contributed by atoms with E-state index in [0.717, 1.165) is 38.5 Å². The molecular formula is C36H70N2O2. The van der Waals surface area contributed by atoms with Crippen molar-refractivity contribution in [2.75, 3.05) is 0 Å². The van der Waals surface area contributed by atoms with Crippen LogP contribution in [0.5, 0.6) is 0 Å². The Balaban J connectivity index is 1.99. The first-order valence-corrected chi connectivity index (χ1v) is 17.4. The van der Waals surface area contributed by atoms with Gasteiger partial charge >= 0.3 is 5.97 Å². The lowest BCUT2D eigenvalue weighted by Crippen LogP contribution is -2.65. The van der Waals surface area contributed by atoms with Crippen molar-refractivity contribution in [2.24, 2.45) is 17.3 Å². The number of carboxylic acid groups (broad SMARTS) is 1. The van der Waals surface area contributed by atoms with Gasteiger partial charge in [0.25, 0.3) is 0 Å². The van der Waals surface area contributed by atoms with Crippen molar-refractivity contribution in [3.63, 3.8) is 0 Å². The molecule has 0 amide bonds. The molecule has 0 aromatic carbocycles. The van der Waals surface area contributed by atoms with Crippen molar-refractivity contribution in [3.8, 4) is 0 Å². The van der Waals surface area contributed by atoms with Crippen LogP contribution in [0.1, 0.15) is 184 Å². The number of nitrogens with one attached hydrogen (secondary N) is 2. The van der Waals surface area contributed by atoms with Gasteiger partial charge in [0, 0.05) is 22.2 Å². The molecule has 0 bridgehead atoms. The molecule has 40 heavy (non-hydrogen) atoms. The average Bonchev–Trinajstić information content (AvgIpc) is 2.77. The summed E-state index contributed by atoms with van der Waals surface area (Å²) < 4.78 is 0. The zero-order valence-corrected chi connectivity index (χ0v) is 28.4. The minimum absolute atomic E-state index is 0.0550. The fourth-order valence-corrected chi connectivity index (χ4v) is 9.18. The van der Waals surface area contributed by atoms with Crippen LogP contribution in [0.4, 0.5) is 0 Å². The molecule has 0 saturated carbocycles. The second kappa shape index (κ2) is 15.2. The first kappa shape index (κ1) is 35.6. The standard InChI is InChI=1S/C36H70N2O2/c1-10-11-12-13-14-15-16-17-18-19-20-21-22-23-24-36(31(39)40,29-25-32(2,3)37-33(4,5)26-29)30-27-34(6,7)38-35(8,9)28-30/h29-30,37-38H,10-28H2,1-9H3,(H,39,40). The number of carbonyl (C=O) groups is 1. The molecule has 4 nitrogen and oxygen atoms in total. The van der Waals surface area contributed by atoms with E-state index < -0.39 is 11.4 Å². The third-order valence-electron chi connectivity index (χ3n) is 10.2. The normalized spacial score (nSPS) is 22.8. The molecule has 2 fully saturated rings. The highest BCUT2D eigenvalue weighted by Crippen LogP contribution is 2.55. The predicted molar refractivity (Wildman–Crippen MR) is 173 cm³/mol. The lowest BCUT2D eigenvalue weighted by Gasteiger charge is -2.57. The van der Waals surface area contributed by atoms with Crippen molar-refractivity contribution in [1.82, 2.24) is 10.6 Å². The molecule has 2 aliphatic heterocycles. The Morgan fingerprint density at radius 3 is 1.12 bits per heavy atom. The number of unbranched alkanes of at least 4 members (excludes halogenated alkanes) is 13. The van der Waals surface area contributed by atoms with Gasteiger partial charge in [0.2, 0.25) is 0 Å². The van der Waals surface area contributed by atoms with E-state index in [9.17, 15) is 9.90 Å². The highest BCUT2D eigenvalue weighted by molar-refractivity contribution is 5.76. The summed E-state index contributed by atoms with van der Waals surface area (Å²) in [6.45, 7) is 20.5. The lowest BCUT2D eigenvalue weighted by atomic mass is 9.52. The third kappa shape index (κ3) is 11.2. The van der Waals surface area contributed by atoms with E-state index in [-0.39, 0.29) is 34.0 Å². The van der Waals surface area contributed by atoms with Gasteiger partial charge < -0.3 is 15.7 Å². The van der Waals surface area contributed by atoms with Crippen molar-refractivity contribution in [3.05, 3.63) is 0 Å². The molecule has 0 aromatic heterocycles. The van der Waals surface area contributed by atoms with Gasteiger partial charge in [-0.05, 0) is 99.3 Å². The zero-order chi connectivity index (χ0) is 30.1. The van der Waals surface area contributed by atoms with Crippen LogP contribution in [0.15, 0.2) is 0 Å². The summed E-state index contributed by atoms with van der Waals surface area (Å²) in [5.74, 6) is -0.153. The second-order valence-electron chi connectivity index (χ2n) is 16.7. The van der Waals surface area contributed by atoms with E-state index in [4.69, 9.17) is 0 Å². The SMILES string of the molecule is CCCCCCCCCCCCCCCCC(C(=O)O)(C1CC(C)(C)NC(C)(C)C1)C1CC(C)(C)NC(C)(C)C1. The summed E-state index contributed by atoms with van der Waals surface area (Å²) in [6, 6.07) is 0. The Morgan fingerprint density at radius 2 is 0.850 bits per heavy atom. The minimum Gasteiger partial charge on any atom is -0.481 e. The Kier molecular flexibility index (Phi) is 13.5. The van der Waals surface area contributed by atoms with Crippen LogP contribution in [0, 0.1) is 17.3 Å². The fourth-order valence-electron chi connectivity index (χ4n) is 9.18. The molecule has 4 heteroatoms. The maximum atomic E-state index is 13.6. The Bertz CT molecular complexity index is 684. The summed E-state index contributed by atoms with van der Waals surface area (Å²) >= 11 is 0. The van der Waals surface area contributed by atoms with Gasteiger partial charge in [0.05, 0.1) is 5.41 Å². The van der Waals surface area contributed by atoms with Gasteiger partial charge in [-0.3, -0.25) is 4.79 Å². The average molecular weight is 563 g/mol. The van der Waals surface area contributed by atoms with Crippen LogP contribution >= 0.6 is 0 Å². The van der Waals surface area contributed by atoms with Crippen LogP contribution in [-0.4, -0.2) is 33.2 Å². The molecule has 2 saturated heterocycles. The summed E-state index contributed by atoms with van der Waals surface area (Å²) in [4.78, 5) is 13.6. The largest absolute Gasteiger partial charge is 0.481 e. The van der Waals surface area contributed by atoms with Crippen molar-refractivity contribution in [1.29, 1.82) is 0 Å². The molecule has 3 N–H and O–H groups in total. The molecule has 0 aliphatic carbocycles. The van der Waals surface area contributed by atoms with Gasteiger partial charge in [-0.1, -0.05) is 96.8 Å². The van der Waals surface area contributed by atoms with Gasteiger partial charge in [0.15, 0.2) is 0 Å². The van der Waals surface area contributed by atoms with Crippen molar-refractivity contribution in [2.45, 2.75) is 206 Å². The van der Waals surface area contributed by atoms with E-state index in [1.807, 2.05) is 0 Å². The monoisotopic (exact) mass is 563 g/mol. The zero-order valence-electron chi connectivity index (χ0n) is 28.4. The number of hydrogen-bond acceptors (Lipinski definition) is 3. The van der Waals surface area contributed by atoms with E-state index in [2.05, 4.69) is 72.9 Å². The van der Waals surface area contributed by atoms with E-state index in [0.29, 0.717) is 0 Å². The van der Waals surface area contributed by atoms with E-state index >= 15 is 0 Å². The Hall–Kier alpha value is -0.610. The topological polar surface area (TPSA) is 61.4 Å². The van der Waals surface area contributed by atoms with Crippen LogP contribution in [0.3, 0.4) is 0 Å². The molecule has 0 unspecified atom stereocenters. The third-order valence-corrected chi connectivity index (χ3v) is 10.2. The summed E-state index contributed by atoms with van der Waals surface area (Å²) in [5.41, 5.74) is -0.882. The molecule has 0 atom stereocenters. The first-order valence-electron chi connectivity index (χ1n) is 17.4. The van der Waals surface area contributed by atoms with Gasteiger partial charge in [-0.15, -0.1) is 0 Å². The van der Waals surface area contributed by atoms with Crippen molar-refractivity contribution < 1.29 is 9.90 Å². The minimum atomic E-state index is -0.662. The molecule has 0 radical (unpaired) electrons. The number of carboxylic acids is 1. The molecule has 0 spiro atoms. The predicted octanol–water partition coefficient (Wildman–Crippen LogP) is 10.0. The van der Waals surface area contributed by atoms with Gasteiger partial charge in [-0.2, -0.15) is 0 Å².